The fourth-order valence-corrected chi connectivity index (χ4v) is 2.85. The van der Waals surface area contributed by atoms with Gasteiger partial charge in [0.2, 0.25) is 0 Å². The first-order valence-electron chi connectivity index (χ1n) is 8.00. The normalized spacial score (nSPS) is 9.96. The summed E-state index contributed by atoms with van der Waals surface area (Å²) < 4.78 is 11.5. The topological polar surface area (TPSA) is 88.7 Å². The molecule has 0 spiro atoms. The molecule has 0 heterocycles. The zero-order valence-corrected chi connectivity index (χ0v) is 17.9. The number of benzene rings is 2. The van der Waals surface area contributed by atoms with E-state index in [0.29, 0.717) is 16.5 Å². The van der Waals surface area contributed by atoms with Crippen LogP contribution in [0.25, 0.3) is 0 Å². The Morgan fingerprint density at radius 2 is 1.71 bits per heavy atom. The zero-order valence-electron chi connectivity index (χ0n) is 14.8. The summed E-state index contributed by atoms with van der Waals surface area (Å²) in [5.74, 6) is -0.00234. The average molecular weight is 487 g/mol. The fourth-order valence-electron chi connectivity index (χ4n) is 1.95. The van der Waals surface area contributed by atoms with Gasteiger partial charge in [-0.2, -0.15) is 0 Å². The maximum absolute atomic E-state index is 11.8. The Hall–Kier alpha value is -2.36. The Morgan fingerprint density at radius 3 is 2.43 bits per heavy atom. The lowest BCUT2D eigenvalue weighted by Gasteiger charge is -2.12. The monoisotopic (exact) mass is 485 g/mol. The highest BCUT2D eigenvalue weighted by molar-refractivity contribution is 9.10. The summed E-state index contributed by atoms with van der Waals surface area (Å²) in [7, 11) is 0. The van der Waals surface area contributed by atoms with Gasteiger partial charge in [-0.1, -0.05) is 45.7 Å². The molecule has 0 unspecified atom stereocenters. The van der Waals surface area contributed by atoms with Gasteiger partial charge in [-0.25, -0.2) is 0 Å². The van der Waals surface area contributed by atoms with Crippen LogP contribution in [0.3, 0.4) is 0 Å². The van der Waals surface area contributed by atoms with Crippen LogP contribution in [0, 0.1) is 6.92 Å². The van der Waals surface area contributed by atoms with Crippen molar-refractivity contribution in [2.75, 3.05) is 13.2 Å². The van der Waals surface area contributed by atoms with Crippen LogP contribution in [0.2, 0.25) is 5.02 Å². The van der Waals surface area contributed by atoms with Crippen molar-refractivity contribution in [2.45, 2.75) is 6.92 Å². The van der Waals surface area contributed by atoms with Crippen molar-refractivity contribution in [2.24, 2.45) is 0 Å². The number of amides is 2. The van der Waals surface area contributed by atoms with Gasteiger partial charge in [0, 0.05) is 4.47 Å². The summed E-state index contributed by atoms with van der Waals surface area (Å²) in [6, 6.07) is 12.3. The molecule has 0 saturated carbocycles. The summed E-state index contributed by atoms with van der Waals surface area (Å²) in [4.78, 5) is 23.6. The largest absolute Gasteiger partial charge is 0.483 e. The highest BCUT2D eigenvalue weighted by Gasteiger charge is 2.09. The maximum atomic E-state index is 11.8. The number of carbonyl (C=O) groups excluding carboxylic acids is 2. The van der Waals surface area contributed by atoms with Crippen LogP contribution >= 0.6 is 39.7 Å². The summed E-state index contributed by atoms with van der Waals surface area (Å²) in [5, 5.41) is 2.68. The van der Waals surface area contributed by atoms with E-state index < -0.39 is 11.8 Å². The number of hydrogen-bond donors (Lipinski definition) is 3. The van der Waals surface area contributed by atoms with E-state index >= 15 is 0 Å². The molecule has 7 nitrogen and oxygen atoms in total. The zero-order chi connectivity index (χ0) is 20.5. The summed E-state index contributed by atoms with van der Waals surface area (Å²) in [5.41, 5.74) is 5.63. The van der Waals surface area contributed by atoms with Gasteiger partial charge in [-0.15, -0.1) is 0 Å². The molecule has 148 valence electrons. The molecule has 2 amide bonds. The number of aryl methyl sites for hydroxylation is 1. The van der Waals surface area contributed by atoms with E-state index in [-0.39, 0.29) is 18.3 Å². The van der Waals surface area contributed by atoms with Crippen molar-refractivity contribution in [1.82, 2.24) is 16.2 Å². The van der Waals surface area contributed by atoms with E-state index in [1.807, 2.05) is 25.1 Å². The van der Waals surface area contributed by atoms with Crippen molar-refractivity contribution in [3.63, 3.8) is 0 Å². The number of thiocarbonyl (C=S) groups is 1. The second kappa shape index (κ2) is 10.8. The minimum atomic E-state index is -0.508. The molecular formula is C18H17BrClN3O4S. The number of ether oxygens (including phenoxy) is 2. The van der Waals surface area contributed by atoms with Crippen LogP contribution in [-0.2, 0) is 9.59 Å². The minimum absolute atomic E-state index is 0.0755. The summed E-state index contributed by atoms with van der Waals surface area (Å²) in [6.07, 6.45) is 0. The molecular weight excluding hydrogens is 470 g/mol. The predicted octanol–water partition coefficient (Wildman–Crippen LogP) is 2.89. The number of nitrogens with one attached hydrogen (secondary N) is 3. The number of hydrazine groups is 1. The van der Waals surface area contributed by atoms with Crippen LogP contribution in [-0.4, -0.2) is 30.1 Å². The molecule has 3 N–H and O–H groups in total. The van der Waals surface area contributed by atoms with Crippen molar-refractivity contribution in [3.05, 3.63) is 57.5 Å². The Bertz CT molecular complexity index is 882. The second-order valence-corrected chi connectivity index (χ2v) is 7.20. The van der Waals surface area contributed by atoms with Crippen LogP contribution in [0.5, 0.6) is 11.5 Å². The number of hydrogen-bond acceptors (Lipinski definition) is 5. The van der Waals surface area contributed by atoms with Gasteiger partial charge in [-0.3, -0.25) is 25.8 Å². The Labute approximate surface area is 180 Å². The molecule has 0 aliphatic heterocycles. The average Bonchev–Trinajstić information content (AvgIpc) is 2.65. The van der Waals surface area contributed by atoms with E-state index in [0.717, 1.165) is 10.0 Å². The lowest BCUT2D eigenvalue weighted by molar-refractivity contribution is -0.124. The van der Waals surface area contributed by atoms with E-state index in [1.165, 1.54) is 0 Å². The lowest BCUT2D eigenvalue weighted by atomic mass is 10.2. The second-order valence-electron chi connectivity index (χ2n) is 5.47. The summed E-state index contributed by atoms with van der Waals surface area (Å²) in [6.45, 7) is 1.37. The first kappa shape index (κ1) is 21.9. The highest BCUT2D eigenvalue weighted by Crippen LogP contribution is 2.27. The number of para-hydroxylation sites is 1. The predicted molar refractivity (Wildman–Crippen MR) is 113 cm³/mol. The van der Waals surface area contributed by atoms with Crippen molar-refractivity contribution >= 4 is 56.7 Å². The van der Waals surface area contributed by atoms with Gasteiger partial charge in [0.25, 0.3) is 11.8 Å². The van der Waals surface area contributed by atoms with Crippen LogP contribution in [0.4, 0.5) is 0 Å². The molecule has 0 aliphatic rings. The number of carbonyl (C=O) groups is 2. The summed E-state index contributed by atoms with van der Waals surface area (Å²) >= 11 is 14.2. The molecule has 0 atom stereocenters. The maximum Gasteiger partial charge on any atom is 0.276 e. The van der Waals surface area contributed by atoms with Crippen LogP contribution in [0.1, 0.15) is 5.56 Å². The lowest BCUT2D eigenvalue weighted by Crippen LogP contribution is -2.50. The Balaban J connectivity index is 1.67. The number of halogens is 2. The smallest absolute Gasteiger partial charge is 0.276 e. The number of rotatable bonds is 6. The van der Waals surface area contributed by atoms with Gasteiger partial charge >= 0.3 is 0 Å². The third kappa shape index (κ3) is 7.34. The van der Waals surface area contributed by atoms with Crippen LogP contribution in [0.15, 0.2) is 46.9 Å². The molecule has 0 radical (unpaired) electrons. The third-order valence-electron chi connectivity index (χ3n) is 3.27. The first-order chi connectivity index (χ1) is 13.3. The van der Waals surface area contributed by atoms with Gasteiger partial charge in [0.15, 0.2) is 18.3 Å². The molecule has 2 rings (SSSR count). The molecule has 28 heavy (non-hydrogen) atoms. The van der Waals surface area contributed by atoms with Crippen LogP contribution < -0.4 is 25.6 Å². The van der Waals surface area contributed by atoms with E-state index in [9.17, 15) is 9.59 Å². The Morgan fingerprint density at radius 1 is 1.04 bits per heavy atom. The van der Waals surface area contributed by atoms with Gasteiger partial charge in [0.05, 0.1) is 5.02 Å². The van der Waals surface area contributed by atoms with Crippen molar-refractivity contribution in [3.8, 4) is 11.5 Å². The first-order valence-corrected chi connectivity index (χ1v) is 9.58. The van der Waals surface area contributed by atoms with E-state index in [2.05, 4.69) is 32.1 Å². The van der Waals surface area contributed by atoms with Gasteiger partial charge < -0.3 is 9.47 Å². The molecule has 0 aliphatic carbocycles. The molecule has 0 aromatic heterocycles. The molecule has 0 saturated heterocycles. The highest BCUT2D eigenvalue weighted by atomic mass is 79.9. The van der Waals surface area contributed by atoms with Crippen molar-refractivity contribution in [1.29, 1.82) is 0 Å². The quantitative estimate of drug-likeness (QED) is 0.430. The van der Waals surface area contributed by atoms with E-state index in [1.54, 1.807) is 24.3 Å². The van der Waals surface area contributed by atoms with E-state index in [4.69, 9.17) is 33.3 Å². The Kier molecular flexibility index (Phi) is 8.49. The van der Waals surface area contributed by atoms with Gasteiger partial charge in [-0.05, 0) is 49.0 Å². The van der Waals surface area contributed by atoms with Crippen molar-refractivity contribution < 1.29 is 19.1 Å². The fraction of sp³-hybridized carbons (Fsp3) is 0.167. The molecule has 2 aromatic rings. The third-order valence-corrected chi connectivity index (χ3v) is 4.27. The SMILES string of the molecule is Cc1ccccc1OCC(=O)NC(=S)NNC(=O)COc1ccc(Br)cc1Cl. The standard InChI is InChI=1S/C18H17BrClN3O4S/c1-11-4-2-3-5-14(11)26-9-16(24)21-18(28)23-22-17(25)10-27-15-7-6-12(19)8-13(15)20/h2-8H,9-10H2,1H3,(H,22,25)(H2,21,23,24,28). The van der Waals surface area contributed by atoms with Gasteiger partial charge in [0.1, 0.15) is 11.5 Å². The molecule has 0 fully saturated rings. The molecule has 10 heteroatoms. The molecule has 2 aromatic carbocycles. The molecule has 0 bridgehead atoms. The minimum Gasteiger partial charge on any atom is -0.483 e.